The summed E-state index contributed by atoms with van der Waals surface area (Å²) in [5, 5.41) is 6.02. The molecule has 24 heavy (non-hydrogen) atoms. The van der Waals surface area contributed by atoms with Gasteiger partial charge in [-0.05, 0) is 36.8 Å². The molecule has 0 bridgehead atoms. The molecule has 0 aliphatic heterocycles. The zero-order chi connectivity index (χ0) is 16.7. The largest absolute Gasteiger partial charge is 0.403 e. The smallest absolute Gasteiger partial charge is 0.338 e. The van der Waals surface area contributed by atoms with Crippen molar-refractivity contribution < 1.29 is 4.42 Å². The van der Waals surface area contributed by atoms with E-state index in [2.05, 4.69) is 5.10 Å². The van der Waals surface area contributed by atoms with Crippen LogP contribution in [0.2, 0.25) is 5.02 Å². The molecule has 4 nitrogen and oxygen atoms in total. The summed E-state index contributed by atoms with van der Waals surface area (Å²) in [6.45, 7) is 1.90. The van der Waals surface area contributed by atoms with E-state index in [0.717, 1.165) is 27.9 Å². The molecule has 2 heterocycles. The third-order valence-corrected chi connectivity index (χ3v) is 4.15. The van der Waals surface area contributed by atoms with Crippen LogP contribution in [0.15, 0.2) is 69.9 Å². The lowest BCUT2D eigenvalue weighted by Crippen LogP contribution is -2.01. The van der Waals surface area contributed by atoms with Gasteiger partial charge in [-0.25, -0.2) is 4.79 Å². The molecular formula is C19H13ClN2O2. The topological polar surface area (TPSA) is 48.0 Å². The molecule has 0 N–H and O–H groups in total. The molecule has 2 aromatic carbocycles. The predicted molar refractivity (Wildman–Crippen MR) is 94.8 cm³/mol. The van der Waals surface area contributed by atoms with Gasteiger partial charge in [-0.2, -0.15) is 9.78 Å². The van der Waals surface area contributed by atoms with Crippen molar-refractivity contribution in [1.82, 2.24) is 9.78 Å². The van der Waals surface area contributed by atoms with Crippen LogP contribution in [0.3, 0.4) is 0 Å². The average molecular weight is 337 g/mol. The highest BCUT2D eigenvalue weighted by molar-refractivity contribution is 6.30. The van der Waals surface area contributed by atoms with E-state index < -0.39 is 5.63 Å². The van der Waals surface area contributed by atoms with Gasteiger partial charge in [0.1, 0.15) is 0 Å². The highest BCUT2D eigenvalue weighted by Crippen LogP contribution is 2.31. The molecule has 0 aliphatic carbocycles. The number of halogens is 1. The number of benzene rings is 2. The molecule has 0 atom stereocenters. The highest BCUT2D eigenvalue weighted by atomic mass is 35.5. The molecular weight excluding hydrogens is 324 g/mol. The van der Waals surface area contributed by atoms with Crippen LogP contribution in [0.1, 0.15) is 5.69 Å². The normalized spacial score (nSPS) is 11.1. The quantitative estimate of drug-likeness (QED) is 0.537. The third-order valence-electron chi connectivity index (χ3n) is 3.90. The van der Waals surface area contributed by atoms with Crippen molar-refractivity contribution in [2.45, 2.75) is 6.92 Å². The number of aryl methyl sites for hydroxylation is 1. The molecule has 0 unspecified atom stereocenters. The van der Waals surface area contributed by atoms with E-state index in [1.54, 1.807) is 16.8 Å². The zero-order valence-electron chi connectivity index (χ0n) is 12.9. The number of hydrogen-bond acceptors (Lipinski definition) is 3. The van der Waals surface area contributed by atoms with Crippen molar-refractivity contribution in [3.05, 3.63) is 81.8 Å². The summed E-state index contributed by atoms with van der Waals surface area (Å²) in [6.07, 6.45) is 0. The Morgan fingerprint density at radius 1 is 1.04 bits per heavy atom. The maximum Gasteiger partial charge on any atom is 0.338 e. The summed E-state index contributed by atoms with van der Waals surface area (Å²) < 4.78 is 7.11. The first-order valence-electron chi connectivity index (χ1n) is 7.48. The minimum Gasteiger partial charge on any atom is -0.403 e. The minimum absolute atomic E-state index is 0.406. The molecule has 0 spiro atoms. The predicted octanol–water partition coefficient (Wildman–Crippen LogP) is 4.61. The van der Waals surface area contributed by atoms with Gasteiger partial charge >= 0.3 is 5.63 Å². The van der Waals surface area contributed by atoms with Crippen LogP contribution in [0, 0.1) is 6.92 Å². The summed E-state index contributed by atoms with van der Waals surface area (Å²) in [5.41, 5.74) is 3.37. The van der Waals surface area contributed by atoms with Gasteiger partial charge in [0.2, 0.25) is 5.71 Å². The van der Waals surface area contributed by atoms with Crippen LogP contribution >= 0.6 is 11.6 Å². The Hall–Kier alpha value is -2.85. The molecule has 4 rings (SSSR count). The van der Waals surface area contributed by atoms with Crippen LogP contribution in [-0.2, 0) is 0 Å². The fourth-order valence-electron chi connectivity index (χ4n) is 2.83. The minimum atomic E-state index is -0.406. The average Bonchev–Trinajstić information content (AvgIpc) is 2.92. The second-order valence-corrected chi connectivity index (χ2v) is 5.94. The first-order chi connectivity index (χ1) is 11.6. The summed E-state index contributed by atoms with van der Waals surface area (Å²) in [6, 6.07) is 18.5. The van der Waals surface area contributed by atoms with Crippen LogP contribution < -0.4 is 5.63 Å². The molecule has 0 saturated carbocycles. The summed E-state index contributed by atoms with van der Waals surface area (Å²) in [7, 11) is 0. The number of aromatic nitrogens is 2. The standard InChI is InChI=1S/C19H13ClN2O2/c1-12-18-16(13-5-3-2-4-6-13)11-17(23)24-19(18)22(21-12)15-9-7-14(20)8-10-15/h2-11H,1H3. The highest BCUT2D eigenvalue weighted by Gasteiger charge is 2.17. The molecule has 0 aliphatic rings. The lowest BCUT2D eigenvalue weighted by molar-refractivity contribution is 0.536. The van der Waals surface area contributed by atoms with Gasteiger partial charge in [0.15, 0.2) is 0 Å². The summed E-state index contributed by atoms with van der Waals surface area (Å²) in [5.74, 6) is 0. The van der Waals surface area contributed by atoms with Crippen molar-refractivity contribution in [2.75, 3.05) is 0 Å². The van der Waals surface area contributed by atoms with Gasteiger partial charge in [-0.15, -0.1) is 0 Å². The monoisotopic (exact) mass is 336 g/mol. The first kappa shape index (κ1) is 14.7. The Bertz CT molecular complexity index is 1080. The molecule has 118 valence electrons. The molecule has 2 aromatic heterocycles. The zero-order valence-corrected chi connectivity index (χ0v) is 13.6. The Morgan fingerprint density at radius 2 is 1.75 bits per heavy atom. The Morgan fingerprint density at radius 3 is 2.46 bits per heavy atom. The van der Waals surface area contributed by atoms with Crippen molar-refractivity contribution in [3.8, 4) is 16.8 Å². The first-order valence-corrected chi connectivity index (χ1v) is 7.86. The van der Waals surface area contributed by atoms with Gasteiger partial charge in [0, 0.05) is 16.7 Å². The van der Waals surface area contributed by atoms with Crippen molar-refractivity contribution in [3.63, 3.8) is 0 Å². The Kier molecular flexibility index (Phi) is 3.47. The number of nitrogens with zero attached hydrogens (tertiary/aromatic N) is 2. The summed E-state index contributed by atoms with van der Waals surface area (Å²) >= 11 is 5.95. The SMILES string of the molecule is Cc1nn(-c2ccc(Cl)cc2)c2oc(=O)cc(-c3ccccc3)c12. The van der Waals surface area contributed by atoms with E-state index in [1.807, 2.05) is 49.4 Å². The van der Waals surface area contributed by atoms with Gasteiger partial charge in [0.05, 0.1) is 16.8 Å². The lowest BCUT2D eigenvalue weighted by atomic mass is 10.0. The summed E-state index contributed by atoms with van der Waals surface area (Å²) in [4.78, 5) is 12.1. The van der Waals surface area contributed by atoms with Gasteiger partial charge < -0.3 is 4.42 Å². The van der Waals surface area contributed by atoms with Gasteiger partial charge in [0.25, 0.3) is 0 Å². The van der Waals surface area contributed by atoms with Gasteiger partial charge in [-0.3, -0.25) is 0 Å². The van der Waals surface area contributed by atoms with E-state index >= 15 is 0 Å². The molecule has 0 radical (unpaired) electrons. The molecule has 0 fully saturated rings. The van der Waals surface area contributed by atoms with E-state index in [1.165, 1.54) is 6.07 Å². The van der Waals surface area contributed by atoms with E-state index in [0.29, 0.717) is 10.7 Å². The van der Waals surface area contributed by atoms with E-state index in [4.69, 9.17) is 16.0 Å². The molecule has 5 heteroatoms. The second-order valence-electron chi connectivity index (χ2n) is 5.50. The van der Waals surface area contributed by atoms with Crippen molar-refractivity contribution in [2.24, 2.45) is 0 Å². The van der Waals surface area contributed by atoms with Crippen LogP contribution in [-0.4, -0.2) is 9.78 Å². The second kappa shape index (κ2) is 5.65. The third kappa shape index (κ3) is 2.41. The van der Waals surface area contributed by atoms with Gasteiger partial charge in [-0.1, -0.05) is 41.9 Å². The molecule has 0 saturated heterocycles. The maximum atomic E-state index is 12.1. The van der Waals surface area contributed by atoms with Crippen molar-refractivity contribution in [1.29, 1.82) is 0 Å². The van der Waals surface area contributed by atoms with Crippen LogP contribution in [0.25, 0.3) is 27.9 Å². The fraction of sp³-hybridized carbons (Fsp3) is 0.0526. The Labute approximate surface area is 142 Å². The molecule has 4 aromatic rings. The Balaban J connectivity index is 2.05. The maximum absolute atomic E-state index is 12.1. The molecule has 0 amide bonds. The van der Waals surface area contributed by atoms with E-state index in [9.17, 15) is 4.79 Å². The van der Waals surface area contributed by atoms with Crippen LogP contribution in [0.5, 0.6) is 0 Å². The lowest BCUT2D eigenvalue weighted by Gasteiger charge is -2.04. The van der Waals surface area contributed by atoms with E-state index in [-0.39, 0.29) is 0 Å². The van der Waals surface area contributed by atoms with Crippen LogP contribution in [0.4, 0.5) is 0 Å². The van der Waals surface area contributed by atoms with Crippen molar-refractivity contribution >= 4 is 22.7 Å². The number of hydrogen-bond donors (Lipinski definition) is 0. The number of fused-ring (bicyclic) bond motifs is 1. The number of rotatable bonds is 2. The fourth-order valence-corrected chi connectivity index (χ4v) is 2.95.